The minimum absolute atomic E-state index is 0.146. The molecule has 30 heavy (non-hydrogen) atoms. The summed E-state index contributed by atoms with van der Waals surface area (Å²) >= 11 is 0. The highest BCUT2D eigenvalue weighted by molar-refractivity contribution is 6.10. The molecule has 0 aliphatic heterocycles. The zero-order valence-corrected chi connectivity index (χ0v) is 19.3. The van der Waals surface area contributed by atoms with Crippen molar-refractivity contribution < 1.29 is 0 Å². The van der Waals surface area contributed by atoms with E-state index in [1.54, 1.807) is 0 Å². The normalized spacial score (nSPS) is 12.7. The van der Waals surface area contributed by atoms with Gasteiger partial charge in [-0.05, 0) is 55.9 Å². The van der Waals surface area contributed by atoms with Crippen LogP contribution in [0, 0.1) is 0 Å². The molecule has 0 aliphatic carbocycles. The van der Waals surface area contributed by atoms with Crippen LogP contribution >= 0.6 is 0 Å². The zero-order chi connectivity index (χ0) is 21.9. The van der Waals surface area contributed by atoms with Gasteiger partial charge in [-0.1, -0.05) is 127 Å². The van der Waals surface area contributed by atoms with Crippen molar-refractivity contribution in [2.24, 2.45) is 0 Å². The fourth-order valence-corrected chi connectivity index (χ4v) is 3.54. The molecule has 0 unspecified atom stereocenters. The highest BCUT2D eigenvalue weighted by Crippen LogP contribution is 2.33. The zero-order valence-electron chi connectivity index (χ0n) is 19.3. The van der Waals surface area contributed by atoms with Gasteiger partial charge in [0.2, 0.25) is 0 Å². The van der Waals surface area contributed by atoms with E-state index in [-0.39, 0.29) is 10.8 Å². The Kier molecular flexibility index (Phi) is 6.17. The molecule has 0 N–H and O–H groups in total. The molecule has 3 aromatic carbocycles. The van der Waals surface area contributed by atoms with Crippen molar-refractivity contribution in [3.05, 3.63) is 113 Å². The van der Waals surface area contributed by atoms with Crippen molar-refractivity contribution in [1.82, 2.24) is 0 Å². The Morgan fingerprint density at radius 2 is 1.07 bits per heavy atom. The average Bonchev–Trinajstić information content (AvgIpc) is 2.71. The van der Waals surface area contributed by atoms with Gasteiger partial charge in [0, 0.05) is 0 Å². The van der Waals surface area contributed by atoms with Gasteiger partial charge < -0.3 is 0 Å². The van der Waals surface area contributed by atoms with E-state index >= 15 is 0 Å². The topological polar surface area (TPSA) is 0 Å². The molecule has 3 aromatic rings. The molecule has 0 atom stereocenters. The average molecular weight is 395 g/mol. The molecule has 0 bridgehead atoms. The highest BCUT2D eigenvalue weighted by Gasteiger charge is 2.15. The summed E-state index contributed by atoms with van der Waals surface area (Å²) in [5.74, 6) is 0. The van der Waals surface area contributed by atoms with Crippen LogP contribution in [0.15, 0.2) is 85.4 Å². The monoisotopic (exact) mass is 394 g/mol. The van der Waals surface area contributed by atoms with Gasteiger partial charge in [0.05, 0.1) is 0 Å². The lowest BCUT2D eigenvalue weighted by molar-refractivity contribution is 0.590. The van der Waals surface area contributed by atoms with Crippen molar-refractivity contribution >= 4 is 17.2 Å². The summed E-state index contributed by atoms with van der Waals surface area (Å²) < 4.78 is 0. The van der Waals surface area contributed by atoms with Crippen LogP contribution in [0.4, 0.5) is 0 Å². The molecule has 0 aliphatic rings. The molecular formula is C30H34. The minimum Gasteiger partial charge on any atom is -0.0905 e. The van der Waals surface area contributed by atoms with E-state index in [4.69, 9.17) is 0 Å². The molecule has 3 rings (SSSR count). The lowest BCUT2D eigenvalue weighted by atomic mass is 9.85. The molecule has 0 nitrogen and oxygen atoms in total. The van der Waals surface area contributed by atoms with Gasteiger partial charge in [-0.2, -0.15) is 0 Å². The maximum absolute atomic E-state index is 4.48. The van der Waals surface area contributed by atoms with Crippen LogP contribution in [-0.2, 0) is 10.8 Å². The molecule has 0 saturated heterocycles. The number of hydrogen-bond acceptors (Lipinski definition) is 0. The molecule has 0 fully saturated rings. The van der Waals surface area contributed by atoms with Crippen LogP contribution in [0.25, 0.3) is 17.2 Å². The van der Waals surface area contributed by atoms with Gasteiger partial charge >= 0.3 is 0 Å². The Balaban J connectivity index is 2.01. The second-order valence-electron chi connectivity index (χ2n) is 10.1. The Morgan fingerprint density at radius 3 is 1.53 bits per heavy atom. The van der Waals surface area contributed by atoms with E-state index in [2.05, 4.69) is 133 Å². The van der Waals surface area contributed by atoms with E-state index in [9.17, 15) is 0 Å². The van der Waals surface area contributed by atoms with Crippen molar-refractivity contribution in [2.45, 2.75) is 52.4 Å². The lowest BCUT2D eigenvalue weighted by Crippen LogP contribution is -2.10. The first-order valence-corrected chi connectivity index (χ1v) is 10.7. The van der Waals surface area contributed by atoms with Crippen LogP contribution in [0.3, 0.4) is 0 Å². The molecule has 0 heteroatoms. The Labute approximate surface area is 183 Å². The second kappa shape index (κ2) is 8.48. The Bertz CT molecular complexity index is 1020. The molecule has 0 amide bonds. The lowest BCUT2D eigenvalue weighted by Gasteiger charge is -2.20. The Morgan fingerprint density at radius 1 is 0.600 bits per heavy atom. The van der Waals surface area contributed by atoms with Crippen LogP contribution in [0.5, 0.6) is 0 Å². The third kappa shape index (κ3) is 5.19. The minimum atomic E-state index is 0.146. The van der Waals surface area contributed by atoms with Gasteiger partial charge in [-0.25, -0.2) is 0 Å². The predicted octanol–water partition coefficient (Wildman–Crippen LogP) is 8.54. The highest BCUT2D eigenvalue weighted by atomic mass is 14.2. The number of allylic oxidation sites excluding steroid dienone is 2. The standard InChI is InChI=1S/C30H34/c1-22(24-15-19-27(20-16-24)30(5,6)7)28(25-11-9-8-10-12-25)21-23-13-17-26(18-14-23)29(2,3)4/h8-21H,1H2,2-7H3/b28-21-. The van der Waals surface area contributed by atoms with Crippen LogP contribution < -0.4 is 0 Å². The first kappa shape index (κ1) is 21.8. The summed E-state index contributed by atoms with van der Waals surface area (Å²) in [5, 5.41) is 0. The third-order valence-corrected chi connectivity index (χ3v) is 5.60. The van der Waals surface area contributed by atoms with Crippen molar-refractivity contribution in [2.75, 3.05) is 0 Å². The van der Waals surface area contributed by atoms with E-state index < -0.39 is 0 Å². The quantitative estimate of drug-likeness (QED) is 0.307. The van der Waals surface area contributed by atoms with Gasteiger partial charge in [-0.3, -0.25) is 0 Å². The maximum Gasteiger partial charge on any atom is -0.0105 e. The van der Waals surface area contributed by atoms with E-state index in [0.29, 0.717) is 0 Å². The molecule has 0 saturated carbocycles. The first-order chi connectivity index (χ1) is 14.1. The van der Waals surface area contributed by atoms with E-state index in [0.717, 1.165) is 16.7 Å². The van der Waals surface area contributed by atoms with Crippen LogP contribution in [0.2, 0.25) is 0 Å². The Hall–Kier alpha value is -2.86. The van der Waals surface area contributed by atoms with Gasteiger partial charge in [-0.15, -0.1) is 0 Å². The largest absolute Gasteiger partial charge is 0.0905 e. The molecule has 0 aromatic heterocycles. The molecular weight excluding hydrogens is 360 g/mol. The summed E-state index contributed by atoms with van der Waals surface area (Å²) in [5.41, 5.74) is 8.71. The number of rotatable bonds is 4. The first-order valence-electron chi connectivity index (χ1n) is 10.7. The fourth-order valence-electron chi connectivity index (χ4n) is 3.54. The molecule has 154 valence electrons. The summed E-state index contributed by atoms with van der Waals surface area (Å²) in [6, 6.07) is 28.3. The van der Waals surface area contributed by atoms with Crippen molar-refractivity contribution in [3.8, 4) is 0 Å². The summed E-state index contributed by atoms with van der Waals surface area (Å²) in [7, 11) is 0. The second-order valence-corrected chi connectivity index (χ2v) is 10.1. The predicted molar refractivity (Wildman–Crippen MR) is 134 cm³/mol. The van der Waals surface area contributed by atoms with Crippen molar-refractivity contribution in [3.63, 3.8) is 0 Å². The van der Waals surface area contributed by atoms with Gasteiger partial charge in [0.15, 0.2) is 0 Å². The van der Waals surface area contributed by atoms with Gasteiger partial charge in [0.25, 0.3) is 0 Å². The summed E-state index contributed by atoms with van der Waals surface area (Å²) in [6.45, 7) is 17.9. The van der Waals surface area contributed by atoms with Crippen LogP contribution in [0.1, 0.15) is 69.4 Å². The van der Waals surface area contributed by atoms with Crippen LogP contribution in [-0.4, -0.2) is 0 Å². The molecule has 0 heterocycles. The summed E-state index contributed by atoms with van der Waals surface area (Å²) in [4.78, 5) is 0. The smallest absolute Gasteiger partial charge is 0.0105 e. The van der Waals surface area contributed by atoms with E-state index in [1.807, 2.05) is 0 Å². The fraction of sp³-hybridized carbons (Fsp3) is 0.267. The molecule has 0 radical (unpaired) electrons. The SMILES string of the molecule is C=C(/C(=C/c1ccc(C(C)(C)C)cc1)c1ccccc1)c1ccc(C(C)(C)C)cc1. The molecule has 0 spiro atoms. The third-order valence-electron chi connectivity index (χ3n) is 5.60. The van der Waals surface area contributed by atoms with Crippen molar-refractivity contribution in [1.29, 1.82) is 0 Å². The van der Waals surface area contributed by atoms with Gasteiger partial charge in [0.1, 0.15) is 0 Å². The van der Waals surface area contributed by atoms with E-state index in [1.165, 1.54) is 22.3 Å². The number of benzene rings is 3. The number of hydrogen-bond donors (Lipinski definition) is 0. The maximum atomic E-state index is 4.48. The summed E-state index contributed by atoms with van der Waals surface area (Å²) in [6.07, 6.45) is 2.25.